The summed E-state index contributed by atoms with van der Waals surface area (Å²) in [7, 11) is 0. The number of anilines is 1. The Balaban J connectivity index is 2.22. The molecule has 0 atom stereocenters. The Morgan fingerprint density at radius 2 is 2.11 bits per heavy atom. The van der Waals surface area contributed by atoms with Gasteiger partial charge in [-0.3, -0.25) is 4.79 Å². The molecule has 1 fully saturated rings. The third kappa shape index (κ3) is 2.31. The van der Waals surface area contributed by atoms with E-state index in [1.54, 1.807) is 0 Å². The zero-order valence-electron chi connectivity index (χ0n) is 10.8. The Kier molecular flexibility index (Phi) is 3.78. The van der Waals surface area contributed by atoms with Crippen molar-refractivity contribution < 1.29 is 4.79 Å². The molecular weight excluding hydrogens is 292 g/mol. The first-order valence-corrected chi connectivity index (χ1v) is 7.06. The lowest BCUT2D eigenvalue weighted by atomic mass is 9.68. The number of aryl methyl sites for hydroxylation is 2. The van der Waals surface area contributed by atoms with E-state index in [4.69, 9.17) is 5.73 Å². The fourth-order valence-corrected chi connectivity index (χ4v) is 3.22. The number of amides is 1. The van der Waals surface area contributed by atoms with Crippen molar-refractivity contribution in [3.8, 4) is 0 Å². The third-order valence-corrected chi connectivity index (χ3v) is 4.48. The van der Waals surface area contributed by atoms with Crippen LogP contribution in [0, 0.1) is 19.3 Å². The average molecular weight is 311 g/mol. The quantitative estimate of drug-likeness (QED) is 0.901. The molecule has 0 saturated heterocycles. The topological polar surface area (TPSA) is 55.1 Å². The van der Waals surface area contributed by atoms with Crippen molar-refractivity contribution in [3.63, 3.8) is 0 Å². The van der Waals surface area contributed by atoms with Crippen molar-refractivity contribution in [2.45, 2.75) is 33.1 Å². The maximum atomic E-state index is 12.3. The first-order chi connectivity index (χ1) is 8.48. The molecule has 0 aliphatic heterocycles. The Bertz CT molecular complexity index is 452. The summed E-state index contributed by atoms with van der Waals surface area (Å²) in [5.74, 6) is 0.0592. The fraction of sp³-hybridized carbons (Fsp3) is 0.500. The summed E-state index contributed by atoms with van der Waals surface area (Å²) in [6.45, 7) is 4.47. The Morgan fingerprint density at radius 3 is 2.56 bits per heavy atom. The molecule has 3 N–H and O–H groups in total. The van der Waals surface area contributed by atoms with Gasteiger partial charge in [-0.1, -0.05) is 12.5 Å². The highest BCUT2D eigenvalue weighted by atomic mass is 79.9. The van der Waals surface area contributed by atoms with E-state index in [9.17, 15) is 4.79 Å². The number of benzene rings is 1. The average Bonchev–Trinajstić information content (AvgIpc) is 2.22. The highest BCUT2D eigenvalue weighted by Crippen LogP contribution is 2.41. The number of hydrogen-bond acceptors (Lipinski definition) is 2. The smallest absolute Gasteiger partial charge is 0.231 e. The molecule has 3 nitrogen and oxygen atoms in total. The third-order valence-electron chi connectivity index (χ3n) is 3.85. The summed E-state index contributed by atoms with van der Waals surface area (Å²) in [4.78, 5) is 12.3. The monoisotopic (exact) mass is 310 g/mol. The van der Waals surface area contributed by atoms with E-state index < -0.39 is 0 Å². The Labute approximate surface area is 116 Å². The van der Waals surface area contributed by atoms with Crippen molar-refractivity contribution >= 4 is 27.5 Å². The van der Waals surface area contributed by atoms with Crippen molar-refractivity contribution in [2.24, 2.45) is 11.1 Å². The summed E-state index contributed by atoms with van der Waals surface area (Å²) in [6, 6.07) is 4.08. The van der Waals surface area contributed by atoms with Crippen LogP contribution in [0.2, 0.25) is 0 Å². The fourth-order valence-electron chi connectivity index (χ4n) is 2.45. The van der Waals surface area contributed by atoms with Crippen LogP contribution < -0.4 is 11.1 Å². The van der Waals surface area contributed by atoms with Crippen LogP contribution in [0.1, 0.15) is 30.4 Å². The number of carbonyl (C=O) groups excluding carboxylic acids is 1. The number of rotatable bonds is 3. The minimum absolute atomic E-state index is 0.0592. The second-order valence-electron chi connectivity index (χ2n) is 5.23. The highest BCUT2D eigenvalue weighted by molar-refractivity contribution is 9.10. The molecule has 1 aromatic carbocycles. The van der Waals surface area contributed by atoms with Gasteiger partial charge >= 0.3 is 0 Å². The molecule has 1 aromatic rings. The first-order valence-electron chi connectivity index (χ1n) is 6.27. The standard InChI is InChI=1S/C14H19BrN2O/c1-9-6-10(2)12(11(15)7-9)17-13(18)14(8-16)4-3-5-14/h6-7H,3-5,8,16H2,1-2H3,(H,17,18). The molecule has 0 unspecified atom stereocenters. The molecule has 0 bridgehead atoms. The number of hydrogen-bond donors (Lipinski definition) is 2. The highest BCUT2D eigenvalue weighted by Gasteiger charge is 2.43. The zero-order valence-corrected chi connectivity index (χ0v) is 12.4. The Hall–Kier alpha value is -0.870. The summed E-state index contributed by atoms with van der Waals surface area (Å²) < 4.78 is 0.930. The summed E-state index contributed by atoms with van der Waals surface area (Å²) in [6.07, 6.45) is 2.90. The SMILES string of the molecule is Cc1cc(C)c(NC(=O)C2(CN)CCC2)c(Br)c1. The van der Waals surface area contributed by atoms with Gasteiger partial charge < -0.3 is 11.1 Å². The van der Waals surface area contributed by atoms with Gasteiger partial charge in [-0.2, -0.15) is 0 Å². The van der Waals surface area contributed by atoms with Gasteiger partial charge in [0.25, 0.3) is 0 Å². The maximum Gasteiger partial charge on any atom is 0.231 e. The van der Waals surface area contributed by atoms with Crippen LogP contribution >= 0.6 is 15.9 Å². The van der Waals surface area contributed by atoms with E-state index >= 15 is 0 Å². The molecule has 18 heavy (non-hydrogen) atoms. The van der Waals surface area contributed by atoms with Crippen molar-refractivity contribution in [1.82, 2.24) is 0 Å². The number of nitrogens with two attached hydrogens (primary N) is 1. The van der Waals surface area contributed by atoms with Gasteiger partial charge in [0.05, 0.1) is 11.1 Å². The minimum Gasteiger partial charge on any atom is -0.329 e. The second kappa shape index (κ2) is 5.02. The molecule has 4 heteroatoms. The van der Waals surface area contributed by atoms with Crippen molar-refractivity contribution in [2.75, 3.05) is 11.9 Å². The predicted octanol–water partition coefficient (Wildman–Crippen LogP) is 3.13. The summed E-state index contributed by atoms with van der Waals surface area (Å²) in [5, 5.41) is 3.03. The van der Waals surface area contributed by atoms with Crippen LogP contribution in [-0.4, -0.2) is 12.5 Å². The van der Waals surface area contributed by atoms with Gasteiger partial charge in [-0.25, -0.2) is 0 Å². The van der Waals surface area contributed by atoms with E-state index in [1.807, 2.05) is 19.9 Å². The minimum atomic E-state index is -0.337. The largest absolute Gasteiger partial charge is 0.329 e. The molecule has 0 heterocycles. The summed E-state index contributed by atoms with van der Waals surface area (Å²) in [5.41, 5.74) is 8.53. The first kappa shape index (κ1) is 13.6. The number of carbonyl (C=O) groups is 1. The molecule has 2 rings (SSSR count). The van der Waals surface area contributed by atoms with Crippen molar-refractivity contribution in [3.05, 3.63) is 27.7 Å². The molecule has 0 radical (unpaired) electrons. The van der Waals surface area contributed by atoms with E-state index in [2.05, 4.69) is 27.3 Å². The van der Waals surface area contributed by atoms with Gasteiger partial charge in [0.1, 0.15) is 0 Å². The molecule has 1 aliphatic rings. The van der Waals surface area contributed by atoms with Crippen LogP contribution in [0.15, 0.2) is 16.6 Å². The summed E-state index contributed by atoms with van der Waals surface area (Å²) >= 11 is 3.51. The van der Waals surface area contributed by atoms with E-state index in [-0.39, 0.29) is 11.3 Å². The molecule has 98 valence electrons. The van der Waals surface area contributed by atoms with Gasteiger partial charge in [0, 0.05) is 11.0 Å². The predicted molar refractivity (Wildman–Crippen MR) is 77.6 cm³/mol. The molecule has 1 aliphatic carbocycles. The van der Waals surface area contributed by atoms with Crippen LogP contribution in [0.5, 0.6) is 0 Å². The van der Waals surface area contributed by atoms with E-state index in [0.717, 1.165) is 35.0 Å². The van der Waals surface area contributed by atoms with Crippen LogP contribution in [0.4, 0.5) is 5.69 Å². The van der Waals surface area contributed by atoms with Gasteiger partial charge in [-0.05, 0) is 59.8 Å². The van der Waals surface area contributed by atoms with E-state index in [0.29, 0.717) is 6.54 Å². The molecular formula is C14H19BrN2O. The lowest BCUT2D eigenvalue weighted by molar-refractivity contribution is -0.129. The Morgan fingerprint density at radius 1 is 1.44 bits per heavy atom. The van der Waals surface area contributed by atoms with Crippen LogP contribution in [-0.2, 0) is 4.79 Å². The van der Waals surface area contributed by atoms with E-state index in [1.165, 1.54) is 5.56 Å². The van der Waals surface area contributed by atoms with Gasteiger partial charge in [-0.15, -0.1) is 0 Å². The normalized spacial score (nSPS) is 17.1. The van der Waals surface area contributed by atoms with Crippen molar-refractivity contribution in [1.29, 1.82) is 0 Å². The number of halogens is 1. The van der Waals surface area contributed by atoms with Gasteiger partial charge in [0.15, 0.2) is 0 Å². The molecule has 1 amide bonds. The zero-order chi connectivity index (χ0) is 13.3. The maximum absolute atomic E-state index is 12.3. The molecule has 1 saturated carbocycles. The lowest BCUT2D eigenvalue weighted by Gasteiger charge is -2.39. The second-order valence-corrected chi connectivity index (χ2v) is 6.09. The molecule has 0 aromatic heterocycles. The van der Waals surface area contributed by atoms with Crippen LogP contribution in [0.3, 0.4) is 0 Å². The number of nitrogens with one attached hydrogen (secondary N) is 1. The molecule has 0 spiro atoms. The lowest BCUT2D eigenvalue weighted by Crippen LogP contribution is -2.47. The van der Waals surface area contributed by atoms with Crippen LogP contribution in [0.25, 0.3) is 0 Å². The van der Waals surface area contributed by atoms with Gasteiger partial charge in [0.2, 0.25) is 5.91 Å².